The van der Waals surface area contributed by atoms with Crippen LogP contribution in [0.5, 0.6) is 5.88 Å². The Kier molecular flexibility index (Phi) is 7.76. The topological polar surface area (TPSA) is 83.6 Å². The van der Waals surface area contributed by atoms with E-state index >= 15 is 0 Å². The maximum absolute atomic E-state index is 12.0. The van der Waals surface area contributed by atoms with Crippen LogP contribution in [-0.4, -0.2) is 41.9 Å². The molecule has 0 aliphatic carbocycles. The lowest BCUT2D eigenvalue weighted by molar-refractivity contribution is -0.136. The van der Waals surface area contributed by atoms with Crippen LogP contribution in [0.4, 0.5) is 5.69 Å². The number of rotatable bonds is 8. The van der Waals surface area contributed by atoms with Crippen LogP contribution >= 0.6 is 0 Å². The van der Waals surface area contributed by atoms with Crippen LogP contribution in [0.2, 0.25) is 0 Å². The van der Waals surface area contributed by atoms with E-state index in [-0.39, 0.29) is 0 Å². The van der Waals surface area contributed by atoms with E-state index < -0.39 is 11.8 Å². The van der Waals surface area contributed by atoms with E-state index in [1.807, 2.05) is 24.3 Å². The second kappa shape index (κ2) is 10.3. The first-order chi connectivity index (χ1) is 13.0. The minimum absolute atomic E-state index is 0.290. The zero-order valence-corrected chi connectivity index (χ0v) is 16.0. The van der Waals surface area contributed by atoms with Crippen molar-refractivity contribution < 1.29 is 14.3 Å². The molecule has 2 amide bonds. The third-order valence-corrected chi connectivity index (χ3v) is 4.19. The number of amides is 2. The molecule has 2 aromatic rings. The van der Waals surface area contributed by atoms with E-state index in [2.05, 4.69) is 34.4 Å². The summed E-state index contributed by atoms with van der Waals surface area (Å²) >= 11 is 0. The average Bonchev–Trinajstić information content (AvgIpc) is 2.71. The molecule has 2 N–H and O–H groups in total. The van der Waals surface area contributed by atoms with Gasteiger partial charge in [0.05, 0.1) is 19.0 Å². The van der Waals surface area contributed by atoms with Gasteiger partial charge in [-0.05, 0) is 30.3 Å². The van der Waals surface area contributed by atoms with E-state index in [1.54, 1.807) is 12.1 Å². The molecule has 0 fully saturated rings. The van der Waals surface area contributed by atoms with Crippen molar-refractivity contribution in [2.75, 3.05) is 25.5 Å². The normalized spacial score (nSPS) is 10.5. The highest BCUT2D eigenvalue weighted by molar-refractivity contribution is 6.39. The molecule has 27 heavy (non-hydrogen) atoms. The fourth-order valence-electron chi connectivity index (χ4n) is 2.49. The van der Waals surface area contributed by atoms with Gasteiger partial charge >= 0.3 is 11.8 Å². The summed E-state index contributed by atoms with van der Waals surface area (Å²) in [5.41, 5.74) is 2.58. The zero-order chi connectivity index (χ0) is 19.6. The Balaban J connectivity index is 1.82. The van der Waals surface area contributed by atoms with Crippen molar-refractivity contribution in [1.29, 1.82) is 0 Å². The van der Waals surface area contributed by atoms with Crippen LogP contribution in [0.15, 0.2) is 42.6 Å². The van der Waals surface area contributed by atoms with Gasteiger partial charge in [-0.25, -0.2) is 4.98 Å². The Labute approximate surface area is 159 Å². The van der Waals surface area contributed by atoms with Gasteiger partial charge in [0.2, 0.25) is 5.88 Å². The third kappa shape index (κ3) is 6.38. The van der Waals surface area contributed by atoms with Crippen molar-refractivity contribution in [1.82, 2.24) is 15.2 Å². The summed E-state index contributed by atoms with van der Waals surface area (Å²) in [5.74, 6) is -1.000. The Morgan fingerprint density at radius 3 is 2.22 bits per heavy atom. The van der Waals surface area contributed by atoms with E-state index in [1.165, 1.54) is 18.9 Å². The molecule has 0 aliphatic rings. The Morgan fingerprint density at radius 1 is 1.00 bits per heavy atom. The number of nitrogens with zero attached hydrogens (tertiary/aromatic N) is 2. The average molecular weight is 370 g/mol. The highest BCUT2D eigenvalue weighted by Crippen LogP contribution is 2.11. The Hall–Kier alpha value is -2.93. The molecule has 0 aliphatic heterocycles. The molecule has 144 valence electrons. The summed E-state index contributed by atoms with van der Waals surface area (Å²) in [7, 11) is 1.50. The van der Waals surface area contributed by atoms with Crippen LogP contribution in [0.25, 0.3) is 0 Å². The second-order valence-electron chi connectivity index (χ2n) is 6.00. The van der Waals surface area contributed by atoms with Crippen molar-refractivity contribution in [2.24, 2.45) is 0 Å². The molecular formula is C20H26N4O3. The van der Waals surface area contributed by atoms with Gasteiger partial charge in [-0.15, -0.1) is 0 Å². The summed E-state index contributed by atoms with van der Waals surface area (Å²) in [6.45, 7) is 7.48. The highest BCUT2D eigenvalue weighted by Gasteiger charge is 2.13. The maximum Gasteiger partial charge on any atom is 0.313 e. The molecule has 0 atom stereocenters. The molecule has 1 heterocycles. The minimum atomic E-state index is -0.736. The van der Waals surface area contributed by atoms with Gasteiger partial charge in [0.1, 0.15) is 0 Å². The van der Waals surface area contributed by atoms with Crippen LogP contribution in [-0.2, 0) is 22.7 Å². The molecule has 0 unspecified atom stereocenters. The first-order valence-corrected chi connectivity index (χ1v) is 8.95. The zero-order valence-electron chi connectivity index (χ0n) is 16.0. The van der Waals surface area contributed by atoms with Crippen molar-refractivity contribution >= 4 is 17.5 Å². The van der Waals surface area contributed by atoms with Crippen molar-refractivity contribution in [3.8, 4) is 5.88 Å². The van der Waals surface area contributed by atoms with Gasteiger partial charge in [-0.3, -0.25) is 14.5 Å². The predicted molar refractivity (Wildman–Crippen MR) is 104 cm³/mol. The van der Waals surface area contributed by atoms with Crippen LogP contribution in [0.3, 0.4) is 0 Å². The van der Waals surface area contributed by atoms with Crippen molar-refractivity contribution in [3.63, 3.8) is 0 Å². The number of hydrogen-bond acceptors (Lipinski definition) is 5. The van der Waals surface area contributed by atoms with Crippen LogP contribution in [0, 0.1) is 0 Å². The summed E-state index contributed by atoms with van der Waals surface area (Å²) in [4.78, 5) is 30.2. The number of nitrogens with one attached hydrogen (secondary N) is 2. The number of ether oxygens (including phenoxy) is 1. The maximum atomic E-state index is 12.0. The lowest BCUT2D eigenvalue weighted by Crippen LogP contribution is -2.35. The van der Waals surface area contributed by atoms with Crippen molar-refractivity contribution in [2.45, 2.75) is 26.9 Å². The predicted octanol–water partition coefficient (Wildman–Crippen LogP) is 2.19. The number of aromatic nitrogens is 1. The smallest absolute Gasteiger partial charge is 0.313 e. The molecule has 0 saturated carbocycles. The van der Waals surface area contributed by atoms with E-state index in [9.17, 15) is 9.59 Å². The molecule has 1 aromatic heterocycles. The largest absolute Gasteiger partial charge is 0.481 e. The number of carbonyl (C=O) groups excluding carboxylic acids is 2. The number of pyridine rings is 1. The lowest BCUT2D eigenvalue weighted by Gasteiger charge is -2.18. The van der Waals surface area contributed by atoms with Gasteiger partial charge in [-0.2, -0.15) is 0 Å². The number of methoxy groups -OCH3 is 1. The molecule has 0 saturated heterocycles. The van der Waals surface area contributed by atoms with E-state index in [0.29, 0.717) is 18.1 Å². The van der Waals surface area contributed by atoms with Crippen LogP contribution < -0.4 is 15.4 Å². The molecule has 7 heteroatoms. The molecule has 0 bridgehead atoms. The third-order valence-electron chi connectivity index (χ3n) is 4.19. The van der Waals surface area contributed by atoms with Gasteiger partial charge in [0, 0.05) is 19.2 Å². The standard InChI is InChI=1S/C20H26N4O3/c1-4-24(5-2)14-16-8-6-15(7-9-16)12-22-19(25)20(26)23-17-10-11-18(27-3)21-13-17/h6-11,13H,4-5,12,14H2,1-3H3,(H,22,25)(H,23,26). The van der Waals surface area contributed by atoms with Gasteiger partial charge in [0.15, 0.2) is 0 Å². The van der Waals surface area contributed by atoms with Crippen LogP contribution in [0.1, 0.15) is 25.0 Å². The number of hydrogen-bond donors (Lipinski definition) is 2. The molecular weight excluding hydrogens is 344 g/mol. The Bertz CT molecular complexity index is 741. The van der Waals surface area contributed by atoms with Gasteiger partial charge in [-0.1, -0.05) is 38.1 Å². The monoisotopic (exact) mass is 370 g/mol. The fourth-order valence-corrected chi connectivity index (χ4v) is 2.49. The summed E-state index contributed by atoms with van der Waals surface area (Å²) in [6.07, 6.45) is 1.43. The fraction of sp³-hybridized carbons (Fsp3) is 0.350. The summed E-state index contributed by atoms with van der Waals surface area (Å²) in [6, 6.07) is 11.2. The molecule has 1 aromatic carbocycles. The molecule has 7 nitrogen and oxygen atoms in total. The lowest BCUT2D eigenvalue weighted by atomic mass is 10.1. The van der Waals surface area contributed by atoms with Gasteiger partial charge < -0.3 is 15.4 Å². The molecule has 0 spiro atoms. The van der Waals surface area contributed by atoms with E-state index in [4.69, 9.17) is 4.74 Å². The van der Waals surface area contributed by atoms with Gasteiger partial charge in [0.25, 0.3) is 0 Å². The first-order valence-electron chi connectivity index (χ1n) is 8.95. The Morgan fingerprint density at radius 2 is 1.67 bits per heavy atom. The second-order valence-corrected chi connectivity index (χ2v) is 6.00. The van der Waals surface area contributed by atoms with E-state index in [0.717, 1.165) is 25.2 Å². The number of carbonyl (C=O) groups is 2. The quantitative estimate of drug-likeness (QED) is 0.696. The van der Waals surface area contributed by atoms with Crippen molar-refractivity contribution in [3.05, 3.63) is 53.7 Å². The summed E-state index contributed by atoms with van der Waals surface area (Å²) in [5, 5.41) is 5.12. The highest BCUT2D eigenvalue weighted by atomic mass is 16.5. The SMILES string of the molecule is CCN(CC)Cc1ccc(CNC(=O)C(=O)Nc2ccc(OC)nc2)cc1. The molecule has 2 rings (SSSR count). The minimum Gasteiger partial charge on any atom is -0.481 e. The summed E-state index contributed by atoms with van der Waals surface area (Å²) < 4.78 is 4.95. The number of anilines is 1. The first kappa shape index (κ1) is 20.4. The molecule has 0 radical (unpaired) electrons. The number of benzene rings is 1.